The van der Waals surface area contributed by atoms with Crippen LogP contribution in [0.15, 0.2) is 23.2 Å². The van der Waals surface area contributed by atoms with Crippen molar-refractivity contribution in [2.45, 2.75) is 63.1 Å². The van der Waals surface area contributed by atoms with Crippen molar-refractivity contribution < 1.29 is 22.5 Å². The highest BCUT2D eigenvalue weighted by atomic mass is 32.2. The molecule has 1 spiro atoms. The fourth-order valence-electron chi connectivity index (χ4n) is 4.91. The van der Waals surface area contributed by atoms with Gasteiger partial charge in [-0.3, -0.25) is 9.79 Å². The molecule has 1 unspecified atom stereocenters. The van der Waals surface area contributed by atoms with Crippen molar-refractivity contribution in [1.82, 2.24) is 9.62 Å². The number of halogens is 3. The number of amides is 1. The third-order valence-electron chi connectivity index (χ3n) is 6.81. The zero-order chi connectivity index (χ0) is 22.9. The summed E-state index contributed by atoms with van der Waals surface area (Å²) in [5, 5.41) is 3.00. The molecule has 1 amide bonds. The molecule has 32 heavy (non-hydrogen) atoms. The van der Waals surface area contributed by atoms with E-state index >= 15 is 0 Å². The summed E-state index contributed by atoms with van der Waals surface area (Å²) in [6.45, 7) is 0.852. The number of rotatable bonds is 5. The van der Waals surface area contributed by atoms with Crippen molar-refractivity contribution in [3.63, 3.8) is 0 Å². The Kier molecular flexibility index (Phi) is 6.74. The van der Waals surface area contributed by atoms with E-state index in [0.29, 0.717) is 31.8 Å². The number of hydrogen-bond acceptors (Lipinski definition) is 5. The minimum absolute atomic E-state index is 0.0356. The fraction of sp³-hybridized carbons (Fsp3) is 0.636. The summed E-state index contributed by atoms with van der Waals surface area (Å²) in [6, 6.07) is 3.70. The number of nitrogens with one attached hydrogen (secondary N) is 1. The van der Waals surface area contributed by atoms with Gasteiger partial charge in [-0.25, -0.2) is 0 Å². The van der Waals surface area contributed by atoms with Gasteiger partial charge in [0.25, 0.3) is 5.91 Å². The molecule has 0 aromatic heterocycles. The summed E-state index contributed by atoms with van der Waals surface area (Å²) in [6.07, 6.45) is 2.11. The number of piperidine rings is 1. The first-order valence-corrected chi connectivity index (χ1v) is 12.5. The molecule has 176 valence electrons. The van der Waals surface area contributed by atoms with Gasteiger partial charge in [0.2, 0.25) is 0 Å². The van der Waals surface area contributed by atoms with Crippen LogP contribution < -0.4 is 11.1 Å². The Hall–Kier alpha value is -1.78. The molecule has 2 heterocycles. The van der Waals surface area contributed by atoms with Gasteiger partial charge in [0, 0.05) is 42.5 Å². The van der Waals surface area contributed by atoms with Crippen molar-refractivity contribution in [3.8, 4) is 0 Å². The first-order valence-electron chi connectivity index (χ1n) is 11.2. The van der Waals surface area contributed by atoms with Gasteiger partial charge < -0.3 is 15.6 Å². The molecule has 3 N–H and O–H groups in total. The number of aryl methyl sites for hydroxylation is 1. The summed E-state index contributed by atoms with van der Waals surface area (Å²) >= 11 is -1.43. The zero-order valence-electron chi connectivity index (χ0n) is 17.9. The Morgan fingerprint density at radius 1 is 1.22 bits per heavy atom. The molecule has 1 saturated heterocycles. The second kappa shape index (κ2) is 9.23. The number of amidine groups is 1. The van der Waals surface area contributed by atoms with Gasteiger partial charge in [-0.15, -0.1) is 4.31 Å². The van der Waals surface area contributed by atoms with Crippen LogP contribution in [0.3, 0.4) is 0 Å². The molecule has 1 aliphatic carbocycles. The zero-order valence-corrected chi connectivity index (χ0v) is 18.7. The van der Waals surface area contributed by atoms with E-state index in [9.17, 15) is 22.5 Å². The standard InChI is InChI=1S/C22H29F3N4O2S/c23-22(24,25)18-14-17(26)7-6-15(18)8-13-32(31)29-11-9-21(10-12-29)20(30)27-19(28-21)16-4-2-1-3-5-16/h6-7,14,16H,1-5,8-13,26H2,(H,27,28,30). The van der Waals surface area contributed by atoms with Crippen molar-refractivity contribution in [1.29, 1.82) is 0 Å². The Labute approximate surface area is 189 Å². The Bertz CT molecular complexity index is 878. The first-order chi connectivity index (χ1) is 15.2. The maximum atomic E-state index is 13.3. The van der Waals surface area contributed by atoms with E-state index in [4.69, 9.17) is 10.7 Å². The number of benzene rings is 1. The van der Waals surface area contributed by atoms with Gasteiger partial charge in [-0.2, -0.15) is 13.2 Å². The topological polar surface area (TPSA) is 93.8 Å². The van der Waals surface area contributed by atoms with Crippen LogP contribution in [0.5, 0.6) is 0 Å². The van der Waals surface area contributed by atoms with Crippen LogP contribution in [-0.2, 0) is 28.8 Å². The van der Waals surface area contributed by atoms with Crippen molar-refractivity contribution in [2.75, 3.05) is 24.6 Å². The molecule has 2 aliphatic heterocycles. The summed E-state index contributed by atoms with van der Waals surface area (Å²) in [4.78, 5) is 17.5. The highest BCUT2D eigenvalue weighted by Crippen LogP contribution is 2.36. The lowest BCUT2D eigenvalue weighted by Crippen LogP contribution is -2.51. The first kappa shape index (κ1) is 23.4. The highest BCUT2D eigenvalue weighted by Gasteiger charge is 2.48. The van der Waals surface area contributed by atoms with E-state index in [-0.39, 0.29) is 29.3 Å². The van der Waals surface area contributed by atoms with Crippen molar-refractivity contribution in [2.24, 2.45) is 10.9 Å². The van der Waals surface area contributed by atoms with Crippen LogP contribution in [0.2, 0.25) is 0 Å². The molecule has 3 aliphatic rings. The second-order valence-corrected chi connectivity index (χ2v) is 10.5. The van der Waals surface area contributed by atoms with Crippen molar-refractivity contribution in [3.05, 3.63) is 29.3 Å². The van der Waals surface area contributed by atoms with Gasteiger partial charge in [0.05, 0.1) is 5.56 Å². The van der Waals surface area contributed by atoms with E-state index in [2.05, 4.69) is 5.32 Å². The summed E-state index contributed by atoms with van der Waals surface area (Å²) in [5.74, 6) is 1.15. The summed E-state index contributed by atoms with van der Waals surface area (Å²) in [5.41, 5.74) is 4.08. The normalized spacial score (nSPS) is 23.2. The van der Waals surface area contributed by atoms with Gasteiger partial charge in [0.15, 0.2) is 0 Å². The lowest BCUT2D eigenvalue weighted by molar-refractivity contribution is -0.138. The number of aliphatic imine (C=N–C) groups is 1. The highest BCUT2D eigenvalue weighted by molar-refractivity contribution is 7.89. The number of anilines is 1. The van der Waals surface area contributed by atoms with Crippen LogP contribution in [0.25, 0.3) is 0 Å². The van der Waals surface area contributed by atoms with Gasteiger partial charge in [-0.1, -0.05) is 25.3 Å². The van der Waals surface area contributed by atoms with E-state index in [1.54, 1.807) is 4.31 Å². The molecule has 4 rings (SSSR count). The molecule has 6 nitrogen and oxygen atoms in total. The Balaban J connectivity index is 1.35. The number of nitrogens with two attached hydrogens (primary N) is 1. The number of carbonyl (C=O) groups excluding carboxylic acids is 1. The van der Waals surface area contributed by atoms with Crippen LogP contribution in [0, 0.1) is 5.92 Å². The van der Waals surface area contributed by atoms with Crippen LogP contribution >= 0.6 is 0 Å². The van der Waals surface area contributed by atoms with Crippen molar-refractivity contribution >= 4 is 28.8 Å². The molecule has 1 aromatic carbocycles. The predicted octanol–water partition coefficient (Wildman–Crippen LogP) is 3.44. The molecule has 1 aromatic rings. The lowest BCUT2D eigenvalue weighted by atomic mass is 9.88. The monoisotopic (exact) mass is 470 g/mol. The van der Waals surface area contributed by atoms with Gasteiger partial charge in [0.1, 0.15) is 17.1 Å². The summed E-state index contributed by atoms with van der Waals surface area (Å²) in [7, 11) is 0. The maximum Gasteiger partial charge on any atom is 0.416 e. The molecular weight excluding hydrogens is 441 g/mol. The number of nitrogens with zero attached hydrogens (tertiary/aromatic N) is 2. The number of alkyl halides is 3. The third-order valence-corrected chi connectivity index (χ3v) is 8.31. The Morgan fingerprint density at radius 2 is 1.91 bits per heavy atom. The largest absolute Gasteiger partial charge is 0.598 e. The fourth-order valence-corrected chi connectivity index (χ4v) is 6.15. The molecule has 1 saturated carbocycles. The summed E-state index contributed by atoms with van der Waals surface area (Å²) < 4.78 is 54.4. The molecule has 0 radical (unpaired) electrons. The SMILES string of the molecule is Nc1ccc(CC[S+]([O-])N2CCC3(CC2)N=C(C2CCCCC2)NC3=O)c(C(F)(F)F)c1. The molecule has 1 atom stereocenters. The average molecular weight is 471 g/mol. The maximum absolute atomic E-state index is 13.3. The van der Waals surface area contributed by atoms with Crippen LogP contribution in [-0.4, -0.2) is 45.0 Å². The number of nitrogen functional groups attached to an aromatic ring is 1. The molecular formula is C22H29F3N4O2S. The minimum Gasteiger partial charge on any atom is -0.598 e. The second-order valence-electron chi connectivity index (χ2n) is 8.94. The molecule has 10 heteroatoms. The lowest BCUT2D eigenvalue weighted by Gasteiger charge is -2.35. The molecule has 2 fully saturated rings. The van der Waals surface area contributed by atoms with Gasteiger partial charge >= 0.3 is 6.18 Å². The average Bonchev–Trinajstić information content (AvgIpc) is 3.09. The Morgan fingerprint density at radius 3 is 2.56 bits per heavy atom. The van der Waals surface area contributed by atoms with E-state index in [1.807, 2.05) is 0 Å². The number of carbonyl (C=O) groups is 1. The van der Waals surface area contributed by atoms with E-state index in [1.165, 1.54) is 18.6 Å². The quantitative estimate of drug-likeness (QED) is 0.509. The molecule has 0 bridgehead atoms. The smallest absolute Gasteiger partial charge is 0.416 e. The van der Waals surface area contributed by atoms with E-state index < -0.39 is 28.6 Å². The van der Waals surface area contributed by atoms with Crippen LogP contribution in [0.1, 0.15) is 56.1 Å². The van der Waals surface area contributed by atoms with Gasteiger partial charge in [-0.05, 0) is 43.4 Å². The van der Waals surface area contributed by atoms with E-state index in [0.717, 1.165) is 37.6 Å². The third kappa shape index (κ3) is 4.92. The predicted molar refractivity (Wildman–Crippen MR) is 118 cm³/mol. The minimum atomic E-state index is -4.51. The number of hydrogen-bond donors (Lipinski definition) is 2. The van der Waals surface area contributed by atoms with Crippen LogP contribution in [0.4, 0.5) is 18.9 Å².